The van der Waals surface area contributed by atoms with Gasteiger partial charge in [0.05, 0.1) is 21.0 Å². The van der Waals surface area contributed by atoms with E-state index in [-0.39, 0.29) is 23.5 Å². The average Bonchev–Trinajstić information content (AvgIpc) is 3.18. The van der Waals surface area contributed by atoms with Gasteiger partial charge in [-0.3, -0.25) is 14.4 Å². The monoisotopic (exact) mass is 498 g/mol. The highest BCUT2D eigenvalue weighted by Crippen LogP contribution is 2.26. The summed E-state index contributed by atoms with van der Waals surface area (Å²) in [5.41, 5.74) is 0.519. The van der Waals surface area contributed by atoms with Crippen LogP contribution in [0.1, 0.15) is 31.9 Å². The fourth-order valence-electron chi connectivity index (χ4n) is 3.31. The molecule has 0 spiro atoms. The molecule has 2 heterocycles. The van der Waals surface area contributed by atoms with E-state index in [1.807, 2.05) is 0 Å². The Bertz CT molecular complexity index is 1000. The summed E-state index contributed by atoms with van der Waals surface area (Å²) in [5.74, 6) is 0.286. The SMILES string of the molecule is Cc1cc(NC(=O)C(C)SCC(=O)N2CCCCC2C(=O)Nc2ccc(Cl)c(Cl)c2)no1. The van der Waals surface area contributed by atoms with Crippen molar-refractivity contribution >= 4 is 64.2 Å². The van der Waals surface area contributed by atoms with Gasteiger partial charge in [-0.15, -0.1) is 11.8 Å². The standard InChI is InChI=1S/C21H24Cl2N4O4S/c1-12-9-18(26-31-12)25-20(29)13(2)32-11-19(28)27-8-4-3-5-17(27)21(30)24-14-6-7-15(22)16(23)10-14/h6-7,9-10,13,17H,3-5,8,11H2,1-2H3,(H,24,30)(H,25,26,29). The smallest absolute Gasteiger partial charge is 0.247 e. The van der Waals surface area contributed by atoms with Crippen LogP contribution in [-0.2, 0) is 14.4 Å². The Morgan fingerprint density at radius 2 is 2.00 bits per heavy atom. The topological polar surface area (TPSA) is 105 Å². The predicted molar refractivity (Wildman–Crippen MR) is 126 cm³/mol. The van der Waals surface area contributed by atoms with Crippen molar-refractivity contribution in [3.8, 4) is 0 Å². The summed E-state index contributed by atoms with van der Waals surface area (Å²) in [7, 11) is 0. The maximum Gasteiger partial charge on any atom is 0.247 e. The molecule has 172 valence electrons. The van der Waals surface area contributed by atoms with Crippen molar-refractivity contribution in [2.24, 2.45) is 0 Å². The van der Waals surface area contributed by atoms with E-state index in [0.29, 0.717) is 40.3 Å². The zero-order valence-electron chi connectivity index (χ0n) is 17.7. The van der Waals surface area contributed by atoms with Gasteiger partial charge in [0.25, 0.3) is 0 Å². The highest BCUT2D eigenvalue weighted by Gasteiger charge is 2.32. The summed E-state index contributed by atoms with van der Waals surface area (Å²) in [6, 6.07) is 5.88. The molecule has 2 unspecified atom stereocenters. The van der Waals surface area contributed by atoms with Gasteiger partial charge in [0.2, 0.25) is 17.7 Å². The molecule has 0 aliphatic carbocycles. The number of carbonyl (C=O) groups is 3. The highest BCUT2D eigenvalue weighted by molar-refractivity contribution is 8.01. The molecule has 2 N–H and O–H groups in total. The van der Waals surface area contributed by atoms with Gasteiger partial charge >= 0.3 is 0 Å². The molecule has 2 atom stereocenters. The lowest BCUT2D eigenvalue weighted by Gasteiger charge is -2.35. The molecule has 1 saturated heterocycles. The molecule has 32 heavy (non-hydrogen) atoms. The van der Waals surface area contributed by atoms with E-state index in [9.17, 15) is 14.4 Å². The molecular formula is C21H24Cl2N4O4S. The van der Waals surface area contributed by atoms with E-state index < -0.39 is 11.3 Å². The van der Waals surface area contributed by atoms with Crippen molar-refractivity contribution in [2.45, 2.75) is 44.4 Å². The fourth-order valence-corrected chi connectivity index (χ4v) is 4.38. The second-order valence-corrected chi connectivity index (χ2v) is 9.63. The van der Waals surface area contributed by atoms with E-state index in [1.165, 1.54) is 11.8 Å². The number of carbonyl (C=O) groups excluding carboxylic acids is 3. The second-order valence-electron chi connectivity index (χ2n) is 7.48. The second kappa shape index (κ2) is 11.1. The maximum atomic E-state index is 12.9. The minimum atomic E-state index is -0.575. The van der Waals surface area contributed by atoms with Crippen LogP contribution in [0.3, 0.4) is 0 Å². The number of nitrogens with zero attached hydrogens (tertiary/aromatic N) is 2. The number of nitrogens with one attached hydrogen (secondary N) is 2. The minimum Gasteiger partial charge on any atom is -0.360 e. The molecule has 0 radical (unpaired) electrons. The van der Waals surface area contributed by atoms with Gasteiger partial charge in [0.15, 0.2) is 5.82 Å². The Hall–Kier alpha value is -2.23. The quantitative estimate of drug-likeness (QED) is 0.587. The molecule has 1 aromatic heterocycles. The number of rotatable bonds is 7. The summed E-state index contributed by atoms with van der Waals surface area (Å²) in [6.07, 6.45) is 2.26. The average molecular weight is 499 g/mol. The molecule has 8 nitrogen and oxygen atoms in total. The molecule has 11 heteroatoms. The van der Waals surface area contributed by atoms with E-state index in [4.69, 9.17) is 27.7 Å². The molecular weight excluding hydrogens is 475 g/mol. The van der Waals surface area contributed by atoms with Gasteiger partial charge in [-0.1, -0.05) is 28.4 Å². The van der Waals surface area contributed by atoms with Crippen LogP contribution in [-0.4, -0.2) is 51.4 Å². The summed E-state index contributed by atoms with van der Waals surface area (Å²) in [4.78, 5) is 39.6. The lowest BCUT2D eigenvalue weighted by molar-refractivity contribution is -0.138. The number of hydrogen-bond acceptors (Lipinski definition) is 6. The van der Waals surface area contributed by atoms with Gasteiger partial charge in [-0.05, 0) is 51.3 Å². The number of hydrogen-bond donors (Lipinski definition) is 2. The minimum absolute atomic E-state index is 0.0863. The molecule has 1 aromatic carbocycles. The van der Waals surface area contributed by atoms with Crippen molar-refractivity contribution < 1.29 is 18.9 Å². The summed E-state index contributed by atoms with van der Waals surface area (Å²) in [5, 5.41) is 9.45. The van der Waals surface area contributed by atoms with Gasteiger partial charge in [0, 0.05) is 18.3 Å². The number of amides is 3. The number of halogens is 2. The van der Waals surface area contributed by atoms with Crippen LogP contribution in [0, 0.1) is 6.92 Å². The Kier molecular flexibility index (Phi) is 8.44. The molecule has 1 aliphatic heterocycles. The number of aromatic nitrogens is 1. The first-order valence-corrected chi connectivity index (χ1v) is 12.0. The number of likely N-dealkylation sites (tertiary alicyclic amines) is 1. The first-order valence-electron chi connectivity index (χ1n) is 10.2. The Labute approximate surface area is 200 Å². The number of benzene rings is 1. The van der Waals surface area contributed by atoms with Crippen LogP contribution in [0.15, 0.2) is 28.8 Å². The van der Waals surface area contributed by atoms with Crippen LogP contribution in [0.25, 0.3) is 0 Å². The summed E-state index contributed by atoms with van der Waals surface area (Å²) in [6.45, 7) is 3.94. The lowest BCUT2D eigenvalue weighted by atomic mass is 10.0. The maximum absolute atomic E-state index is 12.9. The third kappa shape index (κ3) is 6.40. The van der Waals surface area contributed by atoms with Crippen LogP contribution in [0.4, 0.5) is 11.5 Å². The molecule has 1 aliphatic rings. The third-order valence-electron chi connectivity index (χ3n) is 5.02. The highest BCUT2D eigenvalue weighted by atomic mass is 35.5. The summed E-state index contributed by atoms with van der Waals surface area (Å²) >= 11 is 13.1. The largest absolute Gasteiger partial charge is 0.360 e. The number of thioether (sulfide) groups is 1. The summed E-state index contributed by atoms with van der Waals surface area (Å²) < 4.78 is 4.93. The zero-order valence-corrected chi connectivity index (χ0v) is 20.0. The first kappa shape index (κ1) is 24.4. The molecule has 3 rings (SSSR count). The van der Waals surface area contributed by atoms with Crippen molar-refractivity contribution in [3.05, 3.63) is 40.1 Å². The molecule has 0 bridgehead atoms. The van der Waals surface area contributed by atoms with Crippen molar-refractivity contribution in [2.75, 3.05) is 22.9 Å². The van der Waals surface area contributed by atoms with Gasteiger partial charge in [-0.25, -0.2) is 0 Å². The lowest BCUT2D eigenvalue weighted by Crippen LogP contribution is -2.50. The number of anilines is 2. The van der Waals surface area contributed by atoms with Crippen molar-refractivity contribution in [1.29, 1.82) is 0 Å². The van der Waals surface area contributed by atoms with Gasteiger partial charge < -0.3 is 20.1 Å². The van der Waals surface area contributed by atoms with Crippen LogP contribution < -0.4 is 10.6 Å². The number of aryl methyl sites for hydroxylation is 1. The van der Waals surface area contributed by atoms with Crippen molar-refractivity contribution in [3.63, 3.8) is 0 Å². The van der Waals surface area contributed by atoms with Gasteiger partial charge in [0.1, 0.15) is 11.8 Å². The van der Waals surface area contributed by atoms with Gasteiger partial charge in [-0.2, -0.15) is 0 Å². The van der Waals surface area contributed by atoms with Crippen LogP contribution in [0.2, 0.25) is 10.0 Å². The molecule has 3 amide bonds. The zero-order chi connectivity index (χ0) is 23.3. The normalized spacial score (nSPS) is 17.0. The Balaban J connectivity index is 1.55. The van der Waals surface area contributed by atoms with E-state index in [2.05, 4.69) is 15.8 Å². The molecule has 1 fully saturated rings. The molecule has 2 aromatic rings. The van der Waals surface area contributed by atoms with E-state index in [0.717, 1.165) is 12.8 Å². The first-order chi connectivity index (χ1) is 15.2. The number of piperidine rings is 1. The third-order valence-corrected chi connectivity index (χ3v) is 6.88. The van der Waals surface area contributed by atoms with Crippen LogP contribution in [0.5, 0.6) is 0 Å². The van der Waals surface area contributed by atoms with E-state index >= 15 is 0 Å². The van der Waals surface area contributed by atoms with E-state index in [1.54, 1.807) is 43.0 Å². The molecule has 0 saturated carbocycles. The fraction of sp³-hybridized carbons (Fsp3) is 0.429. The predicted octanol–water partition coefficient (Wildman–Crippen LogP) is 4.37. The Morgan fingerprint density at radius 3 is 2.69 bits per heavy atom. The van der Waals surface area contributed by atoms with Crippen LogP contribution >= 0.6 is 35.0 Å². The Morgan fingerprint density at radius 1 is 1.22 bits per heavy atom. The van der Waals surface area contributed by atoms with Crippen molar-refractivity contribution in [1.82, 2.24) is 10.1 Å².